The molecule has 0 aliphatic heterocycles. The second kappa shape index (κ2) is 7.33. The van der Waals surface area contributed by atoms with Crippen molar-refractivity contribution in [2.45, 2.75) is 24.3 Å². The Hall–Kier alpha value is -1.14. The highest BCUT2D eigenvalue weighted by Gasteiger charge is 2.14. The van der Waals surface area contributed by atoms with Crippen LogP contribution in [0.15, 0.2) is 23.1 Å². The van der Waals surface area contributed by atoms with Gasteiger partial charge in [0.05, 0.1) is 6.04 Å². The molecule has 100 valence electrons. The maximum Gasteiger partial charge on any atom is 0.234 e. The summed E-state index contributed by atoms with van der Waals surface area (Å²) in [4.78, 5) is 11.3. The lowest BCUT2D eigenvalue weighted by Crippen LogP contribution is -2.41. The normalized spacial score (nSPS) is 12.4. The van der Waals surface area contributed by atoms with Gasteiger partial charge in [-0.2, -0.15) is 0 Å². The van der Waals surface area contributed by atoms with Gasteiger partial charge in [0.15, 0.2) is 0 Å². The molecule has 0 aliphatic carbocycles. The van der Waals surface area contributed by atoms with Crippen molar-refractivity contribution in [2.75, 3.05) is 12.3 Å². The molecule has 3 N–H and O–H groups in total. The van der Waals surface area contributed by atoms with Gasteiger partial charge in [0, 0.05) is 10.6 Å². The number of primary amides is 1. The van der Waals surface area contributed by atoms with Gasteiger partial charge in [-0.05, 0) is 31.2 Å². The molecule has 3 nitrogen and oxygen atoms in total. The highest BCUT2D eigenvalue weighted by molar-refractivity contribution is 7.99. The smallest absolute Gasteiger partial charge is 0.234 e. The molecule has 0 heterocycles. The van der Waals surface area contributed by atoms with Gasteiger partial charge in [0.25, 0.3) is 0 Å². The van der Waals surface area contributed by atoms with Gasteiger partial charge in [-0.15, -0.1) is 11.8 Å². The van der Waals surface area contributed by atoms with Crippen molar-refractivity contribution < 1.29 is 13.6 Å². The molecular weight excluding hydrogens is 258 g/mol. The lowest BCUT2D eigenvalue weighted by atomic mass is 10.2. The minimum atomic E-state index is -0.475. The summed E-state index contributed by atoms with van der Waals surface area (Å²) in [5, 5.41) is 2.94. The predicted molar refractivity (Wildman–Crippen MR) is 68.4 cm³/mol. The van der Waals surface area contributed by atoms with Crippen molar-refractivity contribution in [2.24, 2.45) is 5.73 Å². The third-order valence-corrected chi connectivity index (χ3v) is 3.41. The minimum Gasteiger partial charge on any atom is -0.368 e. The number of nitrogens with two attached hydrogens (primary N) is 1. The summed E-state index contributed by atoms with van der Waals surface area (Å²) in [5.74, 6) is -0.879. The Morgan fingerprint density at radius 3 is 2.83 bits per heavy atom. The van der Waals surface area contributed by atoms with E-state index in [0.29, 0.717) is 18.7 Å². The van der Waals surface area contributed by atoms with Crippen LogP contribution < -0.4 is 11.1 Å². The zero-order valence-electron chi connectivity index (χ0n) is 10.1. The number of hydrogen-bond acceptors (Lipinski definition) is 3. The maximum atomic E-state index is 13.3. The molecule has 1 atom stereocenters. The maximum absolute atomic E-state index is 13.3. The molecule has 0 spiro atoms. The molecule has 0 aromatic heterocycles. The molecule has 0 bridgehead atoms. The molecule has 18 heavy (non-hydrogen) atoms. The van der Waals surface area contributed by atoms with E-state index < -0.39 is 23.6 Å². The van der Waals surface area contributed by atoms with Crippen LogP contribution in [0.5, 0.6) is 0 Å². The first kappa shape index (κ1) is 14.9. The highest BCUT2D eigenvalue weighted by Crippen LogP contribution is 2.23. The van der Waals surface area contributed by atoms with E-state index in [1.165, 1.54) is 11.8 Å². The van der Waals surface area contributed by atoms with Gasteiger partial charge in [-0.25, -0.2) is 8.78 Å². The lowest BCUT2D eigenvalue weighted by molar-refractivity contribution is -0.120. The van der Waals surface area contributed by atoms with Crippen molar-refractivity contribution in [3.63, 3.8) is 0 Å². The summed E-state index contributed by atoms with van der Waals surface area (Å²) in [6.07, 6.45) is 0.476. The molecule has 6 heteroatoms. The van der Waals surface area contributed by atoms with E-state index in [-0.39, 0.29) is 4.90 Å². The summed E-state index contributed by atoms with van der Waals surface area (Å²) >= 11 is 1.17. The Balaban J connectivity index is 2.49. The first-order valence-corrected chi connectivity index (χ1v) is 6.63. The van der Waals surface area contributed by atoms with Gasteiger partial charge in [0.1, 0.15) is 11.6 Å². The average molecular weight is 274 g/mol. The number of likely N-dealkylation sites (N-methyl/N-ethyl adjacent to an activating group) is 1. The van der Waals surface area contributed by atoms with Crippen LogP contribution >= 0.6 is 11.8 Å². The predicted octanol–water partition coefficient (Wildman–Crippen LogP) is 1.91. The molecule has 1 aromatic carbocycles. The monoisotopic (exact) mass is 274 g/mol. The fourth-order valence-corrected chi connectivity index (χ4v) is 2.44. The highest BCUT2D eigenvalue weighted by atomic mass is 32.2. The molecule has 1 aromatic rings. The van der Waals surface area contributed by atoms with Crippen molar-refractivity contribution in [1.82, 2.24) is 5.32 Å². The summed E-state index contributed by atoms with van der Waals surface area (Å²) in [5.41, 5.74) is 5.21. The van der Waals surface area contributed by atoms with Crippen LogP contribution in [0, 0.1) is 11.6 Å². The number of amides is 1. The van der Waals surface area contributed by atoms with Crippen molar-refractivity contribution in [3.8, 4) is 0 Å². The molecule has 0 fully saturated rings. The van der Waals surface area contributed by atoms with Crippen molar-refractivity contribution in [1.29, 1.82) is 0 Å². The molecule has 0 radical (unpaired) electrons. The summed E-state index contributed by atoms with van der Waals surface area (Å²) in [7, 11) is 0. The van der Waals surface area contributed by atoms with E-state index in [0.717, 1.165) is 18.2 Å². The number of carbonyl (C=O) groups is 1. The quantitative estimate of drug-likeness (QED) is 0.747. The van der Waals surface area contributed by atoms with Gasteiger partial charge >= 0.3 is 0 Å². The Morgan fingerprint density at radius 2 is 2.22 bits per heavy atom. The molecule has 0 aliphatic rings. The fourth-order valence-electron chi connectivity index (χ4n) is 1.47. The van der Waals surface area contributed by atoms with E-state index in [1.54, 1.807) is 0 Å². The SMILES string of the molecule is CCNC(CCSc1cc(F)ccc1F)C(N)=O. The Bertz CT molecular complexity index is 415. The Labute approximate surface area is 109 Å². The van der Waals surface area contributed by atoms with Crippen LogP contribution in [0.4, 0.5) is 8.78 Å². The molecule has 1 rings (SSSR count). The number of rotatable bonds is 7. The first-order valence-electron chi connectivity index (χ1n) is 5.65. The second-order valence-corrected chi connectivity index (χ2v) is 4.86. The Kier molecular flexibility index (Phi) is 6.07. The van der Waals surface area contributed by atoms with Crippen LogP contribution in [0.3, 0.4) is 0 Å². The third kappa shape index (κ3) is 4.62. The van der Waals surface area contributed by atoms with Crippen molar-refractivity contribution >= 4 is 17.7 Å². The first-order chi connectivity index (χ1) is 8.54. The number of halogens is 2. The fraction of sp³-hybridized carbons (Fsp3) is 0.417. The van der Waals surface area contributed by atoms with Crippen LogP contribution in [-0.2, 0) is 4.79 Å². The number of benzene rings is 1. The number of thioether (sulfide) groups is 1. The van der Waals surface area contributed by atoms with Crippen molar-refractivity contribution in [3.05, 3.63) is 29.8 Å². The van der Waals surface area contributed by atoms with Gasteiger partial charge in [-0.3, -0.25) is 4.79 Å². The average Bonchev–Trinajstić information content (AvgIpc) is 2.32. The molecular formula is C12H16F2N2OS. The topological polar surface area (TPSA) is 55.1 Å². The molecule has 1 amide bonds. The summed E-state index contributed by atoms with van der Waals surface area (Å²) in [6, 6.07) is 2.88. The zero-order chi connectivity index (χ0) is 13.5. The molecule has 0 saturated carbocycles. The standard InChI is InChI=1S/C12H16F2N2OS/c1-2-16-10(12(15)17)5-6-18-11-7-8(13)3-4-9(11)14/h3-4,7,10,16H,2,5-6H2,1H3,(H2,15,17). The Morgan fingerprint density at radius 1 is 1.50 bits per heavy atom. The largest absolute Gasteiger partial charge is 0.368 e. The van der Waals surface area contributed by atoms with Gasteiger partial charge in [-0.1, -0.05) is 6.92 Å². The third-order valence-electron chi connectivity index (χ3n) is 2.35. The summed E-state index contributed by atoms with van der Waals surface area (Å²) in [6.45, 7) is 2.50. The van der Waals surface area contributed by atoms with Crippen LogP contribution in [0.25, 0.3) is 0 Å². The van der Waals surface area contributed by atoms with E-state index in [1.807, 2.05) is 6.92 Å². The number of carbonyl (C=O) groups excluding carboxylic acids is 1. The molecule has 0 saturated heterocycles. The van der Waals surface area contributed by atoms with E-state index >= 15 is 0 Å². The minimum absolute atomic E-state index is 0.245. The van der Waals surface area contributed by atoms with E-state index in [9.17, 15) is 13.6 Å². The van der Waals surface area contributed by atoms with Crippen LogP contribution in [0.1, 0.15) is 13.3 Å². The van der Waals surface area contributed by atoms with Crippen LogP contribution in [-0.4, -0.2) is 24.2 Å². The zero-order valence-corrected chi connectivity index (χ0v) is 10.9. The number of hydrogen-bond donors (Lipinski definition) is 2. The lowest BCUT2D eigenvalue weighted by Gasteiger charge is -2.13. The number of nitrogens with one attached hydrogen (secondary N) is 1. The van der Waals surface area contributed by atoms with E-state index in [2.05, 4.69) is 5.32 Å². The molecule has 1 unspecified atom stereocenters. The van der Waals surface area contributed by atoms with Gasteiger partial charge < -0.3 is 11.1 Å². The summed E-state index contributed by atoms with van der Waals surface area (Å²) < 4.78 is 26.2. The van der Waals surface area contributed by atoms with E-state index in [4.69, 9.17) is 5.73 Å². The van der Waals surface area contributed by atoms with Crippen LogP contribution in [0.2, 0.25) is 0 Å². The second-order valence-electron chi connectivity index (χ2n) is 3.72. The van der Waals surface area contributed by atoms with Gasteiger partial charge in [0.2, 0.25) is 5.91 Å².